The van der Waals surface area contributed by atoms with E-state index in [1.165, 1.54) is 55.1 Å². The van der Waals surface area contributed by atoms with Crippen molar-refractivity contribution < 1.29 is 0 Å². The number of nitrogens with zero attached hydrogens (tertiary/aromatic N) is 2. The largest absolute Gasteiger partial charge is 0.383 e. The normalized spacial score (nSPS) is 17.2. The number of hydrogen-bond donors (Lipinski definition) is 3. The van der Waals surface area contributed by atoms with Crippen LogP contribution in [0.2, 0.25) is 0 Å². The van der Waals surface area contributed by atoms with E-state index < -0.39 is 0 Å². The minimum Gasteiger partial charge on any atom is -0.383 e. The van der Waals surface area contributed by atoms with Crippen LogP contribution in [-0.4, -0.2) is 22.1 Å². The van der Waals surface area contributed by atoms with Crippen LogP contribution in [0.15, 0.2) is 41.3 Å². The quantitative estimate of drug-likeness (QED) is 0.752. The third kappa shape index (κ3) is 6.48. The minimum atomic E-state index is -0.357. The molecule has 0 atom stereocenters. The van der Waals surface area contributed by atoms with E-state index in [9.17, 15) is 4.79 Å². The second-order valence-corrected chi connectivity index (χ2v) is 7.64. The number of rotatable bonds is 5. The van der Waals surface area contributed by atoms with Crippen LogP contribution in [-0.2, 0) is 6.54 Å². The molecule has 2 saturated carbocycles. The Hall–Kier alpha value is -2.18. The standard InChI is InChI=1S/C15H18N4O.C6H13N/c16-14-7-8-19(15(20)18-14)13-5-3-12(4-6-13)10-17-9-11-1-2-11;7-6-4-2-1-3-5-6/h3-8,11,17H,1-2,9-10H2,(H2,16,18,20);6H,1-5,7H2. The molecule has 146 valence electrons. The summed E-state index contributed by atoms with van der Waals surface area (Å²) in [5.41, 5.74) is 12.8. The summed E-state index contributed by atoms with van der Waals surface area (Å²) >= 11 is 0. The van der Waals surface area contributed by atoms with Gasteiger partial charge in [-0.25, -0.2) is 4.79 Å². The Labute approximate surface area is 161 Å². The lowest BCUT2D eigenvalue weighted by Crippen LogP contribution is -2.22. The molecule has 2 aliphatic carbocycles. The van der Waals surface area contributed by atoms with Crippen LogP contribution in [0.3, 0.4) is 0 Å². The summed E-state index contributed by atoms with van der Waals surface area (Å²) in [5, 5.41) is 3.44. The van der Waals surface area contributed by atoms with Gasteiger partial charge < -0.3 is 16.8 Å². The van der Waals surface area contributed by atoms with E-state index in [1.807, 2.05) is 24.3 Å². The summed E-state index contributed by atoms with van der Waals surface area (Å²) in [6, 6.07) is 10.1. The Morgan fingerprint density at radius 3 is 2.30 bits per heavy atom. The van der Waals surface area contributed by atoms with Gasteiger partial charge in [-0.05, 0) is 61.9 Å². The van der Waals surface area contributed by atoms with Gasteiger partial charge in [-0.3, -0.25) is 4.57 Å². The molecule has 0 unspecified atom stereocenters. The van der Waals surface area contributed by atoms with Crippen molar-refractivity contribution in [3.63, 3.8) is 0 Å². The zero-order valence-electron chi connectivity index (χ0n) is 15.9. The van der Waals surface area contributed by atoms with Crippen LogP contribution < -0.4 is 22.5 Å². The SMILES string of the molecule is NC1CCCCC1.Nc1ccn(-c2ccc(CNCC3CC3)cc2)c(=O)n1. The molecule has 2 aliphatic rings. The topological polar surface area (TPSA) is 99.0 Å². The monoisotopic (exact) mass is 369 g/mol. The first-order valence-corrected chi connectivity index (χ1v) is 10.0. The van der Waals surface area contributed by atoms with Gasteiger partial charge in [0.2, 0.25) is 0 Å². The molecule has 1 aromatic heterocycles. The third-order valence-corrected chi connectivity index (χ3v) is 5.15. The first-order chi connectivity index (χ1) is 13.1. The highest BCUT2D eigenvalue weighted by Gasteiger charge is 2.20. The van der Waals surface area contributed by atoms with Crippen LogP contribution in [0.1, 0.15) is 50.5 Å². The molecular weight excluding hydrogens is 338 g/mol. The van der Waals surface area contributed by atoms with Crippen molar-refractivity contribution in [2.24, 2.45) is 11.7 Å². The first kappa shape index (κ1) is 19.6. The molecule has 0 bridgehead atoms. The van der Waals surface area contributed by atoms with Gasteiger partial charge in [0.25, 0.3) is 0 Å². The van der Waals surface area contributed by atoms with Crippen LogP contribution in [0.5, 0.6) is 0 Å². The van der Waals surface area contributed by atoms with Crippen molar-refractivity contribution in [3.05, 3.63) is 52.6 Å². The summed E-state index contributed by atoms with van der Waals surface area (Å²) in [6.07, 6.45) is 11.0. The highest BCUT2D eigenvalue weighted by molar-refractivity contribution is 5.36. The zero-order valence-corrected chi connectivity index (χ0v) is 15.9. The van der Waals surface area contributed by atoms with E-state index in [2.05, 4.69) is 10.3 Å². The molecule has 0 spiro atoms. The minimum absolute atomic E-state index is 0.243. The Morgan fingerprint density at radius 1 is 1.04 bits per heavy atom. The van der Waals surface area contributed by atoms with Gasteiger partial charge in [0, 0.05) is 18.8 Å². The highest BCUT2D eigenvalue weighted by atomic mass is 16.1. The summed E-state index contributed by atoms with van der Waals surface area (Å²) in [6.45, 7) is 1.97. The number of nitrogen functional groups attached to an aromatic ring is 1. The van der Waals surface area contributed by atoms with Gasteiger partial charge in [-0.2, -0.15) is 4.98 Å². The maximum atomic E-state index is 11.7. The van der Waals surface area contributed by atoms with Crippen molar-refractivity contribution in [2.75, 3.05) is 12.3 Å². The van der Waals surface area contributed by atoms with E-state index >= 15 is 0 Å². The van der Waals surface area contributed by atoms with E-state index in [-0.39, 0.29) is 11.5 Å². The molecule has 0 amide bonds. The molecule has 0 radical (unpaired) electrons. The molecule has 0 saturated heterocycles. The number of anilines is 1. The molecule has 5 N–H and O–H groups in total. The molecule has 2 fully saturated rings. The van der Waals surface area contributed by atoms with Crippen molar-refractivity contribution in [1.29, 1.82) is 0 Å². The van der Waals surface area contributed by atoms with Crippen molar-refractivity contribution in [1.82, 2.24) is 14.9 Å². The number of aromatic nitrogens is 2. The lowest BCUT2D eigenvalue weighted by Gasteiger charge is -2.15. The Balaban J connectivity index is 0.000000253. The number of nitrogens with one attached hydrogen (secondary N) is 1. The molecule has 6 nitrogen and oxygen atoms in total. The van der Waals surface area contributed by atoms with Crippen LogP contribution >= 0.6 is 0 Å². The molecule has 2 aromatic rings. The number of benzene rings is 1. The van der Waals surface area contributed by atoms with Crippen LogP contribution in [0.4, 0.5) is 5.82 Å². The third-order valence-electron chi connectivity index (χ3n) is 5.15. The molecule has 1 heterocycles. The molecule has 4 rings (SSSR count). The average Bonchev–Trinajstić information content (AvgIpc) is 3.48. The van der Waals surface area contributed by atoms with Crippen molar-refractivity contribution >= 4 is 5.82 Å². The van der Waals surface area contributed by atoms with Crippen LogP contribution in [0, 0.1) is 5.92 Å². The molecule has 1 aromatic carbocycles. The smallest absolute Gasteiger partial charge is 0.354 e. The highest BCUT2D eigenvalue weighted by Crippen LogP contribution is 2.27. The average molecular weight is 370 g/mol. The maximum absolute atomic E-state index is 11.7. The lowest BCUT2D eigenvalue weighted by atomic mass is 9.97. The maximum Gasteiger partial charge on any atom is 0.354 e. The van der Waals surface area contributed by atoms with Gasteiger partial charge in [0.15, 0.2) is 0 Å². The van der Waals surface area contributed by atoms with Gasteiger partial charge in [0.1, 0.15) is 5.82 Å². The summed E-state index contributed by atoms with van der Waals surface area (Å²) in [7, 11) is 0. The fourth-order valence-electron chi connectivity index (χ4n) is 3.26. The number of nitrogens with two attached hydrogens (primary N) is 2. The zero-order chi connectivity index (χ0) is 19.1. The molecule has 6 heteroatoms. The fourth-order valence-corrected chi connectivity index (χ4v) is 3.26. The Bertz CT molecular complexity index is 761. The second kappa shape index (κ2) is 9.67. The Kier molecular flexibility index (Phi) is 7.01. The molecule has 27 heavy (non-hydrogen) atoms. The van der Waals surface area contributed by atoms with Crippen molar-refractivity contribution in [3.8, 4) is 5.69 Å². The lowest BCUT2D eigenvalue weighted by molar-refractivity contribution is 0.441. The summed E-state index contributed by atoms with van der Waals surface area (Å²) in [5.74, 6) is 1.13. The summed E-state index contributed by atoms with van der Waals surface area (Å²) < 4.78 is 1.48. The van der Waals surface area contributed by atoms with E-state index in [1.54, 1.807) is 12.3 Å². The van der Waals surface area contributed by atoms with Gasteiger partial charge in [-0.15, -0.1) is 0 Å². The second-order valence-electron chi connectivity index (χ2n) is 7.64. The van der Waals surface area contributed by atoms with Gasteiger partial charge in [0.05, 0.1) is 5.69 Å². The van der Waals surface area contributed by atoms with Gasteiger partial charge >= 0.3 is 5.69 Å². The Morgan fingerprint density at radius 2 is 1.74 bits per heavy atom. The predicted octanol–water partition coefficient (Wildman–Crippen LogP) is 2.59. The first-order valence-electron chi connectivity index (χ1n) is 10.0. The van der Waals surface area contributed by atoms with E-state index in [4.69, 9.17) is 11.5 Å². The van der Waals surface area contributed by atoms with E-state index in [0.717, 1.165) is 24.7 Å². The van der Waals surface area contributed by atoms with Gasteiger partial charge in [-0.1, -0.05) is 31.4 Å². The van der Waals surface area contributed by atoms with Crippen LogP contribution in [0.25, 0.3) is 5.69 Å². The number of hydrogen-bond acceptors (Lipinski definition) is 5. The molecule has 0 aliphatic heterocycles. The van der Waals surface area contributed by atoms with E-state index in [0.29, 0.717) is 6.04 Å². The van der Waals surface area contributed by atoms with Crippen molar-refractivity contribution in [2.45, 2.75) is 57.5 Å². The summed E-state index contributed by atoms with van der Waals surface area (Å²) in [4.78, 5) is 15.5. The molecular formula is C21H31N5O. The predicted molar refractivity (Wildman–Crippen MR) is 110 cm³/mol. The fraction of sp³-hybridized carbons (Fsp3) is 0.524.